The van der Waals surface area contributed by atoms with E-state index in [1.807, 2.05) is 6.07 Å². The number of nitrogens with one attached hydrogen (secondary N) is 1. The van der Waals surface area contributed by atoms with E-state index in [2.05, 4.69) is 10.3 Å². The average molecular weight is 371 g/mol. The van der Waals surface area contributed by atoms with Crippen LogP contribution in [0.25, 0.3) is 0 Å². The SMILES string of the molecule is Cc1ncc([N+](=O)[O-])cc1C(=O)Nc1ccccc1OC[C@H]1CCCCO1. The van der Waals surface area contributed by atoms with Crippen molar-refractivity contribution in [1.29, 1.82) is 0 Å². The summed E-state index contributed by atoms with van der Waals surface area (Å²) in [4.78, 5) is 26.9. The van der Waals surface area contributed by atoms with Crippen LogP contribution in [0.4, 0.5) is 11.4 Å². The lowest BCUT2D eigenvalue weighted by atomic mass is 10.1. The molecule has 1 aliphatic heterocycles. The Kier molecular flexibility index (Phi) is 5.97. The summed E-state index contributed by atoms with van der Waals surface area (Å²) in [6.45, 7) is 2.78. The molecule has 1 aromatic carbocycles. The molecule has 1 N–H and O–H groups in total. The molecule has 1 aliphatic rings. The minimum Gasteiger partial charge on any atom is -0.489 e. The Bertz CT molecular complexity index is 834. The van der Waals surface area contributed by atoms with Crippen LogP contribution in [0.15, 0.2) is 36.5 Å². The Morgan fingerprint density at radius 1 is 1.41 bits per heavy atom. The monoisotopic (exact) mass is 371 g/mol. The van der Waals surface area contributed by atoms with E-state index in [0.29, 0.717) is 23.7 Å². The average Bonchev–Trinajstić information content (AvgIpc) is 2.68. The van der Waals surface area contributed by atoms with Crippen molar-refractivity contribution in [3.63, 3.8) is 0 Å². The molecule has 1 aromatic heterocycles. The highest BCUT2D eigenvalue weighted by Crippen LogP contribution is 2.26. The van der Waals surface area contributed by atoms with Gasteiger partial charge in [0.1, 0.15) is 18.6 Å². The second kappa shape index (κ2) is 8.59. The van der Waals surface area contributed by atoms with Crippen LogP contribution in [0.3, 0.4) is 0 Å². The van der Waals surface area contributed by atoms with Gasteiger partial charge in [-0.05, 0) is 38.3 Å². The third kappa shape index (κ3) is 4.79. The van der Waals surface area contributed by atoms with Gasteiger partial charge in [-0.15, -0.1) is 0 Å². The summed E-state index contributed by atoms with van der Waals surface area (Å²) in [5.41, 5.74) is 0.815. The molecular formula is C19H21N3O5. The highest BCUT2D eigenvalue weighted by molar-refractivity contribution is 6.06. The summed E-state index contributed by atoms with van der Waals surface area (Å²) >= 11 is 0. The van der Waals surface area contributed by atoms with Gasteiger partial charge in [-0.1, -0.05) is 12.1 Å². The zero-order valence-electron chi connectivity index (χ0n) is 15.0. The first kappa shape index (κ1) is 18.8. The van der Waals surface area contributed by atoms with Gasteiger partial charge < -0.3 is 14.8 Å². The van der Waals surface area contributed by atoms with Crippen molar-refractivity contribution in [1.82, 2.24) is 4.98 Å². The molecule has 27 heavy (non-hydrogen) atoms. The number of ether oxygens (including phenoxy) is 2. The number of pyridine rings is 1. The number of carbonyl (C=O) groups is 1. The molecule has 2 heterocycles. The predicted molar refractivity (Wildman–Crippen MR) is 99.1 cm³/mol. The van der Waals surface area contributed by atoms with E-state index < -0.39 is 10.8 Å². The Morgan fingerprint density at radius 2 is 2.22 bits per heavy atom. The van der Waals surface area contributed by atoms with Gasteiger partial charge in [0.25, 0.3) is 11.6 Å². The van der Waals surface area contributed by atoms with Crippen molar-refractivity contribution in [3.05, 3.63) is 57.9 Å². The molecule has 0 spiro atoms. The molecule has 0 radical (unpaired) electrons. The molecule has 1 saturated heterocycles. The van der Waals surface area contributed by atoms with Gasteiger partial charge >= 0.3 is 0 Å². The molecule has 0 saturated carbocycles. The molecular weight excluding hydrogens is 350 g/mol. The Morgan fingerprint density at radius 3 is 2.96 bits per heavy atom. The zero-order chi connectivity index (χ0) is 19.2. The number of nitrogens with zero attached hydrogens (tertiary/aromatic N) is 2. The number of aromatic nitrogens is 1. The fourth-order valence-corrected chi connectivity index (χ4v) is 2.86. The molecule has 2 aromatic rings. The number of hydrogen-bond acceptors (Lipinski definition) is 6. The largest absolute Gasteiger partial charge is 0.489 e. The van der Waals surface area contributed by atoms with Crippen LogP contribution in [0.1, 0.15) is 35.3 Å². The standard InChI is InChI=1S/C19H21N3O5/c1-13-16(10-14(11-20-13)22(24)25)19(23)21-17-7-2-3-8-18(17)27-12-15-6-4-5-9-26-15/h2-3,7-8,10-11,15H,4-6,9,12H2,1H3,(H,21,23)/t15-/m1/s1. The van der Waals surface area contributed by atoms with Gasteiger partial charge in [-0.2, -0.15) is 0 Å². The number of amides is 1. The zero-order valence-corrected chi connectivity index (χ0v) is 15.0. The molecule has 1 atom stereocenters. The fraction of sp³-hybridized carbons (Fsp3) is 0.368. The fourth-order valence-electron chi connectivity index (χ4n) is 2.86. The highest BCUT2D eigenvalue weighted by atomic mass is 16.6. The molecule has 0 unspecified atom stereocenters. The first-order valence-electron chi connectivity index (χ1n) is 8.80. The van der Waals surface area contributed by atoms with Crippen LogP contribution < -0.4 is 10.1 Å². The number of carbonyl (C=O) groups excluding carboxylic acids is 1. The molecule has 1 fully saturated rings. The van der Waals surface area contributed by atoms with E-state index in [1.54, 1.807) is 25.1 Å². The van der Waals surface area contributed by atoms with E-state index in [1.165, 1.54) is 6.07 Å². The summed E-state index contributed by atoms with van der Waals surface area (Å²) in [6.07, 6.45) is 4.32. The van der Waals surface area contributed by atoms with Gasteiger partial charge in [0.05, 0.1) is 28.0 Å². The van der Waals surface area contributed by atoms with Crippen LogP contribution in [0.5, 0.6) is 5.75 Å². The molecule has 0 bridgehead atoms. The number of aryl methyl sites for hydroxylation is 1. The van der Waals surface area contributed by atoms with Gasteiger partial charge in [0, 0.05) is 12.7 Å². The van der Waals surface area contributed by atoms with Crippen LogP contribution in [-0.4, -0.2) is 35.1 Å². The maximum atomic E-state index is 12.6. The normalized spacial score (nSPS) is 16.6. The summed E-state index contributed by atoms with van der Waals surface area (Å²) in [5.74, 6) is 0.0460. The number of hydrogen-bond donors (Lipinski definition) is 1. The first-order chi connectivity index (χ1) is 13.0. The molecule has 0 aliphatic carbocycles. The quantitative estimate of drug-likeness (QED) is 0.616. The van der Waals surface area contributed by atoms with Gasteiger partial charge in [-0.3, -0.25) is 19.9 Å². The number of anilines is 1. The number of para-hydroxylation sites is 2. The highest BCUT2D eigenvalue weighted by Gasteiger charge is 2.19. The van der Waals surface area contributed by atoms with Crippen molar-refractivity contribution >= 4 is 17.3 Å². The minimum atomic E-state index is -0.579. The van der Waals surface area contributed by atoms with E-state index in [4.69, 9.17) is 9.47 Å². The number of benzene rings is 1. The van der Waals surface area contributed by atoms with Crippen molar-refractivity contribution in [2.75, 3.05) is 18.5 Å². The van der Waals surface area contributed by atoms with Crippen LogP contribution in [0, 0.1) is 17.0 Å². The molecule has 8 nitrogen and oxygen atoms in total. The topological polar surface area (TPSA) is 104 Å². The lowest BCUT2D eigenvalue weighted by molar-refractivity contribution is -0.385. The van der Waals surface area contributed by atoms with E-state index in [-0.39, 0.29) is 17.4 Å². The maximum absolute atomic E-state index is 12.6. The third-order valence-corrected chi connectivity index (χ3v) is 4.36. The molecule has 8 heteroatoms. The van der Waals surface area contributed by atoms with Gasteiger partial charge in [0.15, 0.2) is 0 Å². The van der Waals surface area contributed by atoms with E-state index in [0.717, 1.165) is 32.1 Å². The van der Waals surface area contributed by atoms with E-state index >= 15 is 0 Å². The molecule has 142 valence electrons. The first-order valence-corrected chi connectivity index (χ1v) is 8.80. The van der Waals surface area contributed by atoms with Crippen molar-refractivity contribution < 1.29 is 19.2 Å². The van der Waals surface area contributed by atoms with Crippen LogP contribution >= 0.6 is 0 Å². The lowest BCUT2D eigenvalue weighted by Gasteiger charge is -2.23. The maximum Gasteiger partial charge on any atom is 0.288 e. The second-order valence-electron chi connectivity index (χ2n) is 6.33. The smallest absolute Gasteiger partial charge is 0.288 e. The van der Waals surface area contributed by atoms with Crippen LogP contribution in [0.2, 0.25) is 0 Å². The summed E-state index contributed by atoms with van der Waals surface area (Å²) < 4.78 is 11.5. The Hall–Kier alpha value is -3.00. The summed E-state index contributed by atoms with van der Waals surface area (Å²) in [7, 11) is 0. The summed E-state index contributed by atoms with van der Waals surface area (Å²) in [6, 6.07) is 8.29. The van der Waals surface area contributed by atoms with Crippen molar-refractivity contribution in [3.8, 4) is 5.75 Å². The van der Waals surface area contributed by atoms with E-state index in [9.17, 15) is 14.9 Å². The summed E-state index contributed by atoms with van der Waals surface area (Å²) in [5, 5.41) is 13.7. The van der Waals surface area contributed by atoms with Gasteiger partial charge in [0.2, 0.25) is 0 Å². The lowest BCUT2D eigenvalue weighted by Crippen LogP contribution is -2.26. The van der Waals surface area contributed by atoms with Gasteiger partial charge in [-0.25, -0.2) is 0 Å². The Balaban J connectivity index is 1.72. The number of rotatable bonds is 6. The predicted octanol–water partition coefficient (Wildman–Crippen LogP) is 3.50. The minimum absolute atomic E-state index is 0.0470. The molecule has 3 rings (SSSR count). The number of nitro groups is 1. The van der Waals surface area contributed by atoms with Crippen LogP contribution in [-0.2, 0) is 4.74 Å². The van der Waals surface area contributed by atoms with Crippen molar-refractivity contribution in [2.24, 2.45) is 0 Å². The van der Waals surface area contributed by atoms with Crippen molar-refractivity contribution in [2.45, 2.75) is 32.3 Å². The second-order valence-corrected chi connectivity index (χ2v) is 6.33. The molecule has 1 amide bonds. The third-order valence-electron chi connectivity index (χ3n) is 4.36. The Labute approximate surface area is 156 Å².